The van der Waals surface area contributed by atoms with E-state index in [-0.39, 0.29) is 24.1 Å². The Morgan fingerprint density at radius 1 is 0.909 bits per heavy atom. The minimum atomic E-state index is -4.38. The third-order valence-corrected chi connectivity index (χ3v) is 8.04. The van der Waals surface area contributed by atoms with Gasteiger partial charge in [-0.3, -0.25) is 9.59 Å². The van der Waals surface area contributed by atoms with Crippen LogP contribution in [-0.4, -0.2) is 44.7 Å². The molecule has 1 aliphatic heterocycles. The number of hydrogen-bond donors (Lipinski definition) is 1. The van der Waals surface area contributed by atoms with Crippen molar-refractivity contribution in [1.29, 1.82) is 0 Å². The summed E-state index contributed by atoms with van der Waals surface area (Å²) in [4.78, 5) is 32.8. The Morgan fingerprint density at radius 3 is 2.16 bits per heavy atom. The second-order valence-corrected chi connectivity index (χ2v) is 11.1. The van der Waals surface area contributed by atoms with Gasteiger partial charge in [-0.1, -0.05) is 73.7 Å². The summed E-state index contributed by atoms with van der Waals surface area (Å²) in [5, 5.41) is 7.91. The van der Waals surface area contributed by atoms with Crippen LogP contribution in [0.15, 0.2) is 83.7 Å². The molecule has 10 heteroatoms. The summed E-state index contributed by atoms with van der Waals surface area (Å²) < 4.78 is 40.5. The van der Waals surface area contributed by atoms with Crippen molar-refractivity contribution in [1.82, 2.24) is 25.0 Å². The number of carbonyl (C=O) groups excluding carboxylic acids is 1. The first kappa shape index (κ1) is 31.1. The van der Waals surface area contributed by atoms with Gasteiger partial charge in [0.05, 0.1) is 5.56 Å². The van der Waals surface area contributed by atoms with E-state index in [1.54, 1.807) is 4.68 Å². The fourth-order valence-corrected chi connectivity index (χ4v) is 5.53. The fourth-order valence-electron chi connectivity index (χ4n) is 5.53. The Balaban J connectivity index is 1.36. The molecule has 1 amide bonds. The molecule has 0 radical (unpaired) electrons. The molecule has 0 unspecified atom stereocenters. The van der Waals surface area contributed by atoms with Gasteiger partial charge in [-0.15, -0.1) is 0 Å². The summed E-state index contributed by atoms with van der Waals surface area (Å²) >= 11 is 0. The zero-order valence-corrected chi connectivity index (χ0v) is 24.7. The van der Waals surface area contributed by atoms with Crippen LogP contribution in [0.25, 0.3) is 11.1 Å². The highest BCUT2D eigenvalue weighted by atomic mass is 19.4. The molecule has 0 saturated carbocycles. The molecule has 0 bridgehead atoms. The second-order valence-electron chi connectivity index (χ2n) is 11.1. The highest BCUT2D eigenvalue weighted by Gasteiger charge is 2.30. The van der Waals surface area contributed by atoms with Gasteiger partial charge in [0.2, 0.25) is 5.91 Å². The van der Waals surface area contributed by atoms with Crippen molar-refractivity contribution in [3.8, 4) is 11.1 Å². The molecule has 230 valence electrons. The molecule has 7 nitrogen and oxygen atoms in total. The molecule has 1 aromatic heterocycles. The van der Waals surface area contributed by atoms with Crippen LogP contribution in [0, 0.1) is 0 Å². The van der Waals surface area contributed by atoms with E-state index in [4.69, 9.17) is 0 Å². The van der Waals surface area contributed by atoms with Gasteiger partial charge in [0.15, 0.2) is 0 Å². The van der Waals surface area contributed by atoms with E-state index in [9.17, 15) is 22.8 Å². The third kappa shape index (κ3) is 7.79. The maximum atomic E-state index is 14.0. The summed E-state index contributed by atoms with van der Waals surface area (Å²) in [7, 11) is 0. The summed E-state index contributed by atoms with van der Waals surface area (Å²) in [5.41, 5.74) is 2.78. The zero-order valence-electron chi connectivity index (χ0n) is 24.7. The van der Waals surface area contributed by atoms with Crippen LogP contribution >= 0.6 is 0 Å². The van der Waals surface area contributed by atoms with Crippen molar-refractivity contribution < 1.29 is 18.0 Å². The Morgan fingerprint density at radius 2 is 1.55 bits per heavy atom. The minimum absolute atomic E-state index is 0.0298. The number of carbonyl (C=O) groups is 1. The number of alkyl halides is 3. The molecule has 2 heterocycles. The number of amides is 1. The van der Waals surface area contributed by atoms with Crippen molar-refractivity contribution in [2.75, 3.05) is 13.1 Å². The smallest absolute Gasteiger partial charge is 0.334 e. The van der Waals surface area contributed by atoms with E-state index in [1.807, 2.05) is 66.4 Å². The number of nitrogens with zero attached hydrogens (tertiary/aromatic N) is 4. The van der Waals surface area contributed by atoms with Crippen LogP contribution in [0.2, 0.25) is 0 Å². The first-order chi connectivity index (χ1) is 21.2. The molecule has 0 aliphatic carbocycles. The van der Waals surface area contributed by atoms with Crippen LogP contribution in [0.4, 0.5) is 13.2 Å². The first-order valence-corrected chi connectivity index (χ1v) is 15.0. The van der Waals surface area contributed by atoms with Gasteiger partial charge in [0.1, 0.15) is 18.1 Å². The van der Waals surface area contributed by atoms with E-state index in [0.717, 1.165) is 54.8 Å². The molecule has 0 spiro atoms. The van der Waals surface area contributed by atoms with Gasteiger partial charge in [0.25, 0.3) is 5.56 Å². The van der Waals surface area contributed by atoms with Crippen LogP contribution in [0.3, 0.4) is 0 Å². The first-order valence-electron chi connectivity index (χ1n) is 15.0. The van der Waals surface area contributed by atoms with Gasteiger partial charge in [-0.2, -0.15) is 23.3 Å². The van der Waals surface area contributed by atoms with E-state index >= 15 is 0 Å². The highest BCUT2D eigenvalue weighted by molar-refractivity contribution is 5.76. The van der Waals surface area contributed by atoms with E-state index in [2.05, 4.69) is 15.4 Å². The average Bonchev–Trinajstić information content (AvgIpc) is 3.04. The third-order valence-electron chi connectivity index (χ3n) is 8.04. The molecule has 1 aliphatic rings. The number of aryl methyl sites for hydroxylation is 3. The van der Waals surface area contributed by atoms with E-state index < -0.39 is 11.7 Å². The normalized spacial score (nSPS) is 14.0. The predicted molar refractivity (Wildman–Crippen MR) is 163 cm³/mol. The number of aromatic nitrogens is 3. The van der Waals surface area contributed by atoms with Crippen molar-refractivity contribution in [3.63, 3.8) is 0 Å². The lowest BCUT2D eigenvalue weighted by molar-refractivity contribution is -0.137. The number of nitrogens with one attached hydrogen (secondary N) is 1. The van der Waals surface area contributed by atoms with Gasteiger partial charge in [-0.05, 0) is 73.2 Å². The number of halogens is 3. The number of benzene rings is 3. The van der Waals surface area contributed by atoms with Crippen LogP contribution in [0.5, 0.6) is 0 Å². The average molecular weight is 604 g/mol. The molecule has 1 N–H and O–H groups in total. The standard InChI is InChI=1S/C34H36F3N5O2/c1-2-30-33(44)39-31(17-10-24-6-4-3-5-7-24)42(40-30)23-32(43)41(29-18-20-38-21-19-29)22-25-8-11-26(12-9-25)27-13-15-28(16-14-27)34(35,36)37/h3-9,11-16,29,38H,2,10,17-23H2,1H3. The molecule has 44 heavy (non-hydrogen) atoms. The molecule has 1 fully saturated rings. The zero-order chi connectivity index (χ0) is 31.1. The Kier molecular flexibility index (Phi) is 9.89. The van der Waals surface area contributed by atoms with Gasteiger partial charge in [0, 0.05) is 19.0 Å². The predicted octanol–water partition coefficient (Wildman–Crippen LogP) is 5.45. The highest BCUT2D eigenvalue weighted by Crippen LogP contribution is 2.31. The maximum Gasteiger partial charge on any atom is 0.416 e. The topological polar surface area (TPSA) is 80.1 Å². The lowest BCUT2D eigenvalue weighted by atomic mass is 10.0. The van der Waals surface area contributed by atoms with Crippen molar-refractivity contribution in [3.05, 3.63) is 117 Å². The van der Waals surface area contributed by atoms with Gasteiger partial charge < -0.3 is 10.2 Å². The molecular weight excluding hydrogens is 567 g/mol. The summed E-state index contributed by atoms with van der Waals surface area (Å²) in [6, 6.07) is 22.6. The van der Waals surface area contributed by atoms with Gasteiger partial charge >= 0.3 is 6.18 Å². The largest absolute Gasteiger partial charge is 0.416 e. The number of rotatable bonds is 10. The fraction of sp³-hybridized carbons (Fsp3) is 0.353. The van der Waals surface area contributed by atoms with E-state index in [0.29, 0.717) is 42.9 Å². The number of piperidine rings is 1. The lowest BCUT2D eigenvalue weighted by Gasteiger charge is -2.35. The monoisotopic (exact) mass is 603 g/mol. The Hall–Kier alpha value is -4.31. The van der Waals surface area contributed by atoms with E-state index in [1.165, 1.54) is 12.1 Å². The van der Waals surface area contributed by atoms with Crippen LogP contribution in [-0.2, 0) is 43.3 Å². The summed E-state index contributed by atoms with van der Waals surface area (Å²) in [6.07, 6.45) is -1.20. The summed E-state index contributed by atoms with van der Waals surface area (Å²) in [6.45, 7) is 3.81. The number of hydrogen-bond acceptors (Lipinski definition) is 5. The van der Waals surface area contributed by atoms with Gasteiger partial charge in [-0.25, -0.2) is 4.68 Å². The summed E-state index contributed by atoms with van der Waals surface area (Å²) in [5.74, 6) is 0.375. The molecule has 0 atom stereocenters. The molecule has 4 aromatic rings. The van der Waals surface area contributed by atoms with Crippen LogP contribution < -0.4 is 10.9 Å². The van der Waals surface area contributed by atoms with Crippen molar-refractivity contribution in [2.45, 2.75) is 64.3 Å². The van der Waals surface area contributed by atoms with Crippen LogP contribution in [0.1, 0.15) is 48.0 Å². The Bertz CT molecular complexity index is 1600. The van der Waals surface area contributed by atoms with Crippen molar-refractivity contribution in [2.24, 2.45) is 0 Å². The Labute approximate surface area is 254 Å². The lowest BCUT2D eigenvalue weighted by Crippen LogP contribution is -2.47. The van der Waals surface area contributed by atoms with Crippen molar-refractivity contribution >= 4 is 5.91 Å². The quantitative estimate of drug-likeness (QED) is 0.261. The molecular formula is C34H36F3N5O2. The SMILES string of the molecule is CCc1nn(CC(=O)N(Cc2ccc(-c3ccc(C(F)(F)F)cc3)cc2)C2CCNCC2)c(CCc2ccccc2)nc1=O. The molecule has 3 aromatic carbocycles. The maximum absolute atomic E-state index is 14.0. The minimum Gasteiger partial charge on any atom is -0.334 e. The molecule has 5 rings (SSSR count). The second kappa shape index (κ2) is 14.0. The molecule has 1 saturated heterocycles.